The van der Waals surface area contributed by atoms with E-state index < -0.39 is 0 Å². The predicted molar refractivity (Wildman–Crippen MR) is 88.2 cm³/mol. The highest BCUT2D eigenvalue weighted by atomic mass is 79.9. The van der Waals surface area contributed by atoms with Gasteiger partial charge in [-0.1, -0.05) is 47.0 Å². The van der Waals surface area contributed by atoms with E-state index >= 15 is 0 Å². The Balaban J connectivity index is 2.83. The van der Waals surface area contributed by atoms with Crippen LogP contribution < -0.4 is 0 Å². The molecule has 0 aromatic carbocycles. The molecule has 4 heteroatoms. The van der Waals surface area contributed by atoms with Crippen LogP contribution in [0.15, 0.2) is 24.3 Å². The molecule has 0 aromatic rings. The number of terminal acetylenes is 1. The highest BCUT2D eigenvalue weighted by Gasteiger charge is 2.29. The van der Waals surface area contributed by atoms with Crippen molar-refractivity contribution >= 4 is 21.9 Å². The average molecular weight is 355 g/mol. The van der Waals surface area contributed by atoms with Crippen molar-refractivity contribution in [2.24, 2.45) is 0 Å². The van der Waals surface area contributed by atoms with E-state index in [9.17, 15) is 4.79 Å². The van der Waals surface area contributed by atoms with E-state index in [1.165, 1.54) is 6.92 Å². The second kappa shape index (κ2) is 9.81. The molecule has 0 radical (unpaired) electrons. The van der Waals surface area contributed by atoms with E-state index in [0.29, 0.717) is 6.42 Å². The quantitative estimate of drug-likeness (QED) is 0.326. The number of esters is 1. The van der Waals surface area contributed by atoms with Gasteiger partial charge in [-0.25, -0.2) is 0 Å². The van der Waals surface area contributed by atoms with Crippen molar-refractivity contribution in [2.75, 3.05) is 0 Å². The summed E-state index contributed by atoms with van der Waals surface area (Å²) in [5, 5.41) is 0. The molecule has 0 aromatic heterocycles. The van der Waals surface area contributed by atoms with Crippen molar-refractivity contribution in [1.29, 1.82) is 0 Å². The molecule has 0 saturated carbocycles. The molecular weight excluding hydrogens is 332 g/mol. The van der Waals surface area contributed by atoms with E-state index in [4.69, 9.17) is 15.9 Å². The van der Waals surface area contributed by atoms with Crippen LogP contribution in [0.25, 0.3) is 0 Å². The molecule has 116 valence electrons. The van der Waals surface area contributed by atoms with Crippen LogP contribution in [0.1, 0.15) is 39.5 Å². The number of carbonyl (C=O) groups excluding carboxylic acids is 1. The molecule has 4 atom stereocenters. The maximum Gasteiger partial charge on any atom is 0.303 e. The lowest BCUT2D eigenvalue weighted by Crippen LogP contribution is -2.38. The summed E-state index contributed by atoms with van der Waals surface area (Å²) < 4.78 is 11.6. The molecule has 0 bridgehead atoms. The van der Waals surface area contributed by atoms with Crippen LogP contribution in [-0.2, 0) is 14.3 Å². The molecule has 1 aliphatic rings. The normalized spacial score (nSPS) is 29.1. The minimum Gasteiger partial charge on any atom is -0.459 e. The summed E-state index contributed by atoms with van der Waals surface area (Å²) in [5.41, 5.74) is 0. The lowest BCUT2D eigenvalue weighted by Gasteiger charge is -2.32. The summed E-state index contributed by atoms with van der Waals surface area (Å²) in [6, 6.07) is 0. The lowest BCUT2D eigenvalue weighted by molar-refractivity contribution is -0.158. The molecule has 0 fully saturated rings. The van der Waals surface area contributed by atoms with E-state index in [1.807, 2.05) is 6.08 Å². The Morgan fingerprint density at radius 2 is 2.29 bits per heavy atom. The average Bonchev–Trinajstić information content (AvgIpc) is 2.43. The molecule has 1 heterocycles. The van der Waals surface area contributed by atoms with Crippen LogP contribution in [0.4, 0.5) is 0 Å². The van der Waals surface area contributed by atoms with Gasteiger partial charge in [0.1, 0.15) is 6.10 Å². The second-order valence-corrected chi connectivity index (χ2v) is 6.21. The number of allylic oxidation sites excluding steroid dienone is 2. The Labute approximate surface area is 135 Å². The molecule has 0 N–H and O–H groups in total. The highest BCUT2D eigenvalue weighted by Crippen LogP contribution is 2.25. The summed E-state index contributed by atoms with van der Waals surface area (Å²) in [6.45, 7) is 3.52. The van der Waals surface area contributed by atoms with Gasteiger partial charge in [-0.2, -0.15) is 0 Å². The maximum absolute atomic E-state index is 11.3. The van der Waals surface area contributed by atoms with Crippen LogP contribution in [-0.4, -0.2) is 29.1 Å². The molecule has 0 unspecified atom stereocenters. The van der Waals surface area contributed by atoms with Gasteiger partial charge in [0.05, 0.1) is 12.2 Å². The minimum atomic E-state index is -0.316. The fourth-order valence-corrected chi connectivity index (χ4v) is 3.04. The van der Waals surface area contributed by atoms with Crippen LogP contribution >= 0.6 is 15.9 Å². The molecule has 0 spiro atoms. The number of ether oxygens (including phenoxy) is 2. The van der Waals surface area contributed by atoms with Crippen LogP contribution in [0.3, 0.4) is 0 Å². The SMILES string of the molecule is C#C/C=C/C[C@H](OC(C)=O)[C@H]1C/C=C\C[C@H](Br)[C@@H](CC)O1. The van der Waals surface area contributed by atoms with Gasteiger partial charge < -0.3 is 9.47 Å². The maximum atomic E-state index is 11.3. The predicted octanol–water partition coefficient (Wildman–Crippen LogP) is 3.77. The third-order valence-corrected chi connectivity index (χ3v) is 4.33. The first kappa shape index (κ1) is 18.0. The van der Waals surface area contributed by atoms with E-state index in [-0.39, 0.29) is 29.1 Å². The van der Waals surface area contributed by atoms with Gasteiger partial charge in [-0.3, -0.25) is 4.79 Å². The molecule has 0 aliphatic carbocycles. The summed E-state index contributed by atoms with van der Waals surface area (Å²) in [7, 11) is 0. The van der Waals surface area contributed by atoms with E-state index in [1.54, 1.807) is 6.08 Å². The first-order valence-corrected chi connectivity index (χ1v) is 8.22. The number of carbonyl (C=O) groups is 1. The third kappa shape index (κ3) is 6.50. The number of rotatable bonds is 5. The number of hydrogen-bond acceptors (Lipinski definition) is 3. The Morgan fingerprint density at radius 1 is 1.57 bits per heavy atom. The van der Waals surface area contributed by atoms with Gasteiger partial charge in [0, 0.05) is 18.2 Å². The topological polar surface area (TPSA) is 35.5 Å². The molecule has 1 aliphatic heterocycles. The molecule has 0 saturated heterocycles. The summed E-state index contributed by atoms with van der Waals surface area (Å²) in [4.78, 5) is 11.6. The monoisotopic (exact) mass is 354 g/mol. The zero-order valence-corrected chi connectivity index (χ0v) is 14.2. The van der Waals surface area contributed by atoms with Crippen molar-refractivity contribution < 1.29 is 14.3 Å². The molecule has 3 nitrogen and oxygen atoms in total. The van der Waals surface area contributed by atoms with Gasteiger partial charge in [0.2, 0.25) is 0 Å². The zero-order chi connectivity index (χ0) is 15.7. The third-order valence-electron chi connectivity index (χ3n) is 3.37. The summed E-state index contributed by atoms with van der Waals surface area (Å²) in [5.74, 6) is 2.15. The fraction of sp³-hybridized carbons (Fsp3) is 0.588. The van der Waals surface area contributed by atoms with Crippen molar-refractivity contribution in [3.8, 4) is 12.3 Å². The van der Waals surface area contributed by atoms with Crippen LogP contribution in [0.5, 0.6) is 0 Å². The smallest absolute Gasteiger partial charge is 0.303 e. The van der Waals surface area contributed by atoms with Gasteiger partial charge in [0.15, 0.2) is 0 Å². The standard InChI is InChI=1S/C17H23BrO3/c1-4-6-7-11-16(20-13(3)19)17-12-9-8-10-14(18)15(5-2)21-17/h1,6-9,14-17H,5,10-12H2,2-3H3/b7-6+,9-8-/t14-,15+,16-,17+/m0/s1. The Kier molecular flexibility index (Phi) is 8.41. The first-order chi connectivity index (χ1) is 10.1. The van der Waals surface area contributed by atoms with E-state index in [0.717, 1.165) is 19.3 Å². The molecule has 1 rings (SSSR count). The second-order valence-electron chi connectivity index (χ2n) is 5.03. The molecule has 21 heavy (non-hydrogen) atoms. The fourth-order valence-electron chi connectivity index (χ4n) is 2.32. The van der Waals surface area contributed by atoms with Crippen LogP contribution in [0.2, 0.25) is 0 Å². The van der Waals surface area contributed by atoms with Crippen molar-refractivity contribution in [2.45, 2.75) is 62.7 Å². The highest BCUT2D eigenvalue weighted by molar-refractivity contribution is 9.09. The largest absolute Gasteiger partial charge is 0.459 e. The van der Waals surface area contributed by atoms with Crippen LogP contribution in [0, 0.1) is 12.3 Å². The number of hydrogen-bond donors (Lipinski definition) is 0. The summed E-state index contributed by atoms with van der Waals surface area (Å²) >= 11 is 3.67. The number of halogens is 1. The van der Waals surface area contributed by atoms with Gasteiger partial charge in [-0.15, -0.1) is 6.42 Å². The minimum absolute atomic E-state index is 0.106. The Hall–Kier alpha value is -1.05. The molecular formula is C17H23BrO3. The molecule has 0 amide bonds. The first-order valence-electron chi connectivity index (χ1n) is 7.31. The number of alkyl halides is 1. The Bertz CT molecular complexity index is 422. The zero-order valence-electron chi connectivity index (χ0n) is 12.6. The lowest BCUT2D eigenvalue weighted by atomic mass is 10.0. The van der Waals surface area contributed by atoms with Gasteiger partial charge in [0.25, 0.3) is 0 Å². The van der Waals surface area contributed by atoms with Gasteiger partial charge >= 0.3 is 5.97 Å². The van der Waals surface area contributed by atoms with Crippen molar-refractivity contribution in [1.82, 2.24) is 0 Å². The van der Waals surface area contributed by atoms with Crippen molar-refractivity contribution in [3.63, 3.8) is 0 Å². The van der Waals surface area contributed by atoms with E-state index in [2.05, 4.69) is 40.9 Å². The Morgan fingerprint density at radius 3 is 2.90 bits per heavy atom. The van der Waals surface area contributed by atoms with Crippen molar-refractivity contribution in [3.05, 3.63) is 24.3 Å². The van der Waals surface area contributed by atoms with Gasteiger partial charge in [-0.05, 0) is 25.3 Å². The summed E-state index contributed by atoms with van der Waals surface area (Å²) in [6.07, 6.45) is 15.7.